The molecule has 2 N–H and O–H groups in total. The first-order valence-electron chi connectivity index (χ1n) is 50.5. The number of phenols is 1. The zero-order valence-corrected chi connectivity index (χ0v) is 108. The number of aryl methyl sites for hydroxylation is 7. The maximum Gasteiger partial charge on any atom is 3.00 e. The fourth-order valence-corrected chi connectivity index (χ4v) is 49.2. The molecule has 1 fully saturated rings. The first-order chi connectivity index (χ1) is 66.7. The van der Waals surface area contributed by atoms with Gasteiger partial charge in [0, 0.05) is 44.4 Å². The summed E-state index contributed by atoms with van der Waals surface area (Å²) in [5.74, 6) is 7.63. The molecule has 5 unspecified atom stereocenters. The van der Waals surface area contributed by atoms with Crippen molar-refractivity contribution in [3.05, 3.63) is 224 Å². The number of rotatable bonds is 6. The van der Waals surface area contributed by atoms with E-state index in [1.54, 1.807) is 25.1 Å². The molecule has 8 aromatic rings. The molecule has 34 heteroatoms. The zero-order valence-electron chi connectivity index (χ0n) is 94.4. The van der Waals surface area contributed by atoms with Crippen LogP contribution in [0.15, 0.2) is 170 Å². The smallest absolute Gasteiger partial charge is 1.00 e. The molecule has 9 heterocycles. The molecule has 148 heavy (non-hydrogen) atoms. The topological polar surface area (TPSA) is 209 Å². The molecule has 1 saturated heterocycles. The van der Waals surface area contributed by atoms with Gasteiger partial charge in [-0.3, -0.25) is 12.9 Å². The van der Waals surface area contributed by atoms with E-state index < -0.39 is 97.2 Å². The third kappa shape index (κ3) is 28.7. The number of phenolic OH excluding ortho intramolecular Hbond substituents is 1. The van der Waals surface area contributed by atoms with E-state index in [0.717, 1.165) is 86.1 Å². The summed E-state index contributed by atoms with van der Waals surface area (Å²) in [6, 6.07) is 48.5. The van der Waals surface area contributed by atoms with Crippen LogP contribution in [0.25, 0.3) is 0 Å². The molecular weight excluding hydrogens is 2260 g/mol. The van der Waals surface area contributed by atoms with Crippen LogP contribution in [0.1, 0.15) is 252 Å². The van der Waals surface area contributed by atoms with Crippen molar-refractivity contribution in [3.63, 3.8) is 0 Å². The number of benzene rings is 8. The molecule has 2 aliphatic carbocycles. The van der Waals surface area contributed by atoms with Gasteiger partial charge in [-0.25, -0.2) is 0 Å². The van der Waals surface area contributed by atoms with Crippen molar-refractivity contribution in [2.45, 2.75) is 350 Å². The van der Waals surface area contributed by atoms with Crippen LogP contribution < -0.4 is 85.0 Å². The van der Waals surface area contributed by atoms with Crippen LogP contribution in [0.3, 0.4) is 0 Å². The fourth-order valence-electron chi connectivity index (χ4n) is 20.4. The molecule has 0 spiro atoms. The number of aliphatic hydroxyl groups excluding tert-OH is 1. The average Bonchev–Trinajstić information content (AvgIpc) is 1.52. The first kappa shape index (κ1) is 132. The molecule has 17 atom stereocenters. The van der Waals surface area contributed by atoms with Gasteiger partial charge in [0.05, 0.1) is 53.5 Å². The van der Waals surface area contributed by atoms with Gasteiger partial charge in [0.25, 0.3) is 19.1 Å². The summed E-state index contributed by atoms with van der Waals surface area (Å²) in [5, 5.41) is 25.2. The second-order valence-electron chi connectivity index (χ2n) is 46.8. The van der Waals surface area contributed by atoms with E-state index in [-0.39, 0.29) is 112 Å². The number of allylic oxidation sites excluding steroid dienone is 4. The summed E-state index contributed by atoms with van der Waals surface area (Å²) in [6.07, 6.45) is 16.5. The second kappa shape index (κ2) is 52.5. The van der Waals surface area contributed by atoms with Crippen LogP contribution in [-0.2, 0) is 47.0 Å². The number of halogens is 5. The van der Waals surface area contributed by atoms with Crippen LogP contribution in [-0.4, -0.2) is 130 Å². The summed E-state index contributed by atoms with van der Waals surface area (Å²) >= 11 is 2.19. The Morgan fingerprint density at radius 2 is 0.750 bits per heavy atom. The van der Waals surface area contributed by atoms with Crippen LogP contribution in [0, 0.1) is 75.2 Å². The van der Waals surface area contributed by atoms with E-state index in [0.29, 0.717) is 39.3 Å². The number of hydrogen-bond donors (Lipinski definition) is 2. The molecule has 0 saturated carbocycles. The molecule has 9 aliphatic heterocycles. The van der Waals surface area contributed by atoms with Crippen molar-refractivity contribution in [3.8, 4) is 51.7 Å². The van der Waals surface area contributed by atoms with E-state index in [4.69, 9.17) is 47.7 Å². The molecule has 818 valence electrons. The normalized spacial score (nSPS) is 25.5. The van der Waals surface area contributed by atoms with Crippen molar-refractivity contribution in [2.24, 2.45) is 11.8 Å². The number of ether oxygens (including phenoxy) is 9. The Bertz CT molecular complexity index is 5620. The van der Waals surface area contributed by atoms with Crippen molar-refractivity contribution in [1.29, 1.82) is 0 Å². The van der Waals surface area contributed by atoms with Crippen molar-refractivity contribution in [1.82, 2.24) is 0 Å². The standard InChI is InChI=1S/C24H32O4P2.2C24H32O2P2.C12H17O2P.C11H15O3P.C7H8.C6H12O.C2H7BIOP2.C2H6O.2CH3.BF3.FH.Rh/c1-15-11-9-13-17-19(15)29(25,23(3,4)5)21(27-17)22-28-18-14-10-12-16(2)20(18)30(22,26)24(6,7)8;2*1-15-11-9-13-17-19(15)27(23(3,4)5)21(25-17)22-26-18-14-10-12-16(2)20(18)28(22)24(6,7)8;1-9-6-5-7-10-11(9)15(13,8-14-10)12(2,3)4;1-11(2,3)15(13)7-14-9-6-4-5-8(12)10(9)15;1-2-7-4-3-6(1)5-7;1-2-6-4-3-5-7-6;1-2-3(4)7(5)6;1-2-3;;;2-1(3)4;;/h9-14,21-22H,1-8H3;2*9-14,21-22H,1-8H3;5-7H,8H2,1-4H3;4-6,12H,7H2,1-3H3;1-4,6-7H,5H2;6H,2-5H2,1H3;2,6H2,1H3;3H,2H2,1H3;2*1H3;;1H;/q;;;;;;;+1;;2*-1;;;+3/p+1/t21-,22-,29+,30+;21-,22-,27?,28?;21-,22-,27-,28-;2*15-;;;;;;;;;/m00000........./s1. The van der Waals surface area contributed by atoms with Crippen LogP contribution in [0.2, 0.25) is 6.32 Å². The monoisotopic (exact) mass is 2430 g/mol. The Morgan fingerprint density at radius 1 is 0.446 bits per heavy atom. The Hall–Kier alpha value is -4.27. The summed E-state index contributed by atoms with van der Waals surface area (Å²) < 4.78 is 151. The van der Waals surface area contributed by atoms with Gasteiger partial charge in [-0.2, -0.15) is 0 Å². The summed E-state index contributed by atoms with van der Waals surface area (Å²) in [7, 11) is -16.7. The number of fused-ring (bicyclic) bond motifs is 10. The van der Waals surface area contributed by atoms with Crippen LogP contribution >= 0.6 is 98.9 Å². The summed E-state index contributed by atoms with van der Waals surface area (Å²) in [4.78, 5) is 0. The molecule has 11 aliphatic rings. The van der Waals surface area contributed by atoms with Gasteiger partial charge < -0.3 is 90.7 Å². The van der Waals surface area contributed by atoms with E-state index in [1.807, 2.05) is 165 Å². The third-order valence-electron chi connectivity index (χ3n) is 27.8. The predicted octanol–water partition coefficient (Wildman–Crippen LogP) is 28.3. The first-order valence-corrected chi connectivity index (χ1v) is 68.0. The third-order valence-corrected chi connectivity index (χ3v) is 65.7. The van der Waals surface area contributed by atoms with E-state index in [2.05, 4.69) is 246 Å². The SMILES string of the molecule is C1=CC2C=CC1C2.CC(C)(C)[P@]1(=O)COc2cccc(O)c21.CCB(I)[P+](=O)P.CCC1CCCO1.CCO.Cc1cccc2c1[P@](=O)(C(C)(C)C)CO2.Cc1cccc2c1[P@](=O)(C(C)(C)C)[C@@H]([C@H]1Oc3cccc(C)c3[P@]1(=O)C(C)(C)C)O2.Cc1cccc2c1[P@](C(C)(C)C)[C@@H]([C@H]1Oc3cccc(C)c3[P@]1C(C)(C)C)O2.Cc1cccc2c1[PH+](C(C)(C)C)[C@@H]([C@H]1Oc3cccc(C)c3[PH+]1C(C)(C)C)O2.FB(F)F.[CH3-].[CH3-].[F-].[Rh+3]. The molecular formula is C114H169B2F4IO16P10Rh+3. The molecule has 2 bridgehead atoms. The van der Waals surface area contributed by atoms with Gasteiger partial charge in [-0.1, -0.05) is 281 Å². The molecule has 16 nitrogen and oxygen atoms in total. The largest absolute Gasteiger partial charge is 3.00 e. The number of hydrogen-bond acceptors (Lipinski definition) is 16. The summed E-state index contributed by atoms with van der Waals surface area (Å²) in [5.41, 5.74) is 8.44. The second-order valence-corrected chi connectivity index (χ2v) is 79.3. The zero-order chi connectivity index (χ0) is 108. The predicted molar refractivity (Wildman–Crippen MR) is 641 cm³/mol. The molecule has 0 radical (unpaired) electrons. The quantitative estimate of drug-likeness (QED) is 0.0396. The fraction of sp³-hybridized carbons (Fsp3) is 0.526. The van der Waals surface area contributed by atoms with Gasteiger partial charge in [0.15, 0.2) is 63.4 Å². The van der Waals surface area contributed by atoms with Gasteiger partial charge >= 0.3 is 31.3 Å². The van der Waals surface area contributed by atoms with E-state index in [1.165, 1.54) is 69.2 Å². The molecule has 8 aromatic carbocycles. The van der Waals surface area contributed by atoms with Gasteiger partial charge in [-0.05, 0) is 260 Å². The summed E-state index contributed by atoms with van der Waals surface area (Å²) in [6.45, 7) is 74.3. The van der Waals surface area contributed by atoms with E-state index >= 15 is 0 Å². The Morgan fingerprint density at radius 3 is 1.03 bits per heavy atom. The Labute approximate surface area is 921 Å². The average molecular weight is 2430 g/mol. The van der Waals surface area contributed by atoms with Crippen molar-refractivity contribution < 1.29 is 113 Å². The minimum absolute atomic E-state index is 0. The van der Waals surface area contributed by atoms with Crippen molar-refractivity contribution >= 4 is 153 Å². The van der Waals surface area contributed by atoms with E-state index in [9.17, 15) is 40.9 Å². The number of aromatic hydroxyl groups is 1. The van der Waals surface area contributed by atoms with Gasteiger partial charge in [-0.15, -0.1) is 0 Å². The van der Waals surface area contributed by atoms with Crippen LogP contribution in [0.4, 0.5) is 12.9 Å². The number of aliphatic hydroxyl groups is 1. The molecule has 19 rings (SSSR count). The Kier molecular flexibility index (Phi) is 46.9. The Balaban J connectivity index is 0.000000267. The minimum Gasteiger partial charge on any atom is -1.00 e. The minimum atomic E-state index is -3.67. The molecule has 0 aromatic heterocycles. The maximum absolute atomic E-state index is 14.9. The van der Waals surface area contributed by atoms with Crippen molar-refractivity contribution in [2.75, 3.05) is 25.9 Å². The van der Waals surface area contributed by atoms with Crippen LogP contribution in [0.5, 0.6) is 51.7 Å². The molecule has 0 amide bonds. The van der Waals surface area contributed by atoms with Gasteiger partial charge in [0.1, 0.15) is 72.5 Å². The maximum atomic E-state index is 14.9. The van der Waals surface area contributed by atoms with Gasteiger partial charge in [0.2, 0.25) is 0 Å².